The Hall–Kier alpha value is -2.89. The molecule has 0 aliphatic rings. The van der Waals surface area contributed by atoms with E-state index >= 15 is 0 Å². The van der Waals surface area contributed by atoms with Crippen molar-refractivity contribution >= 4 is 16.6 Å². The first-order valence-corrected chi connectivity index (χ1v) is 6.43. The van der Waals surface area contributed by atoms with Gasteiger partial charge in [-0.15, -0.1) is 0 Å². The predicted molar refractivity (Wildman–Crippen MR) is 79.1 cm³/mol. The number of benzene rings is 2. The highest BCUT2D eigenvalue weighted by molar-refractivity contribution is 5.86. The summed E-state index contributed by atoms with van der Waals surface area (Å²) < 4.78 is 37.9. The quantitative estimate of drug-likeness (QED) is 0.746. The van der Waals surface area contributed by atoms with Crippen LogP contribution in [-0.4, -0.2) is 12.1 Å². The van der Waals surface area contributed by atoms with Crippen LogP contribution in [0.25, 0.3) is 10.9 Å². The van der Waals surface area contributed by atoms with Gasteiger partial charge in [-0.1, -0.05) is 0 Å². The molecule has 0 saturated carbocycles. The summed E-state index contributed by atoms with van der Waals surface area (Å²) in [6, 6.07) is 8.57. The van der Waals surface area contributed by atoms with Crippen LogP contribution in [0.3, 0.4) is 0 Å². The van der Waals surface area contributed by atoms with Gasteiger partial charge >= 0.3 is 0 Å². The van der Waals surface area contributed by atoms with E-state index < -0.39 is 11.6 Å². The second-order valence-corrected chi connectivity index (χ2v) is 4.60. The number of anilines is 1. The minimum absolute atomic E-state index is 0.241. The highest BCUT2D eigenvalue weighted by Crippen LogP contribution is 2.33. The molecule has 0 unspecified atom stereocenters. The molecule has 2 aromatic carbocycles. The van der Waals surface area contributed by atoms with Crippen LogP contribution in [0.5, 0.6) is 17.2 Å². The molecule has 0 radical (unpaired) electrons. The lowest BCUT2D eigenvalue weighted by Gasteiger charge is -2.11. The summed E-state index contributed by atoms with van der Waals surface area (Å²) in [5.41, 5.74) is 5.66. The van der Waals surface area contributed by atoms with Crippen molar-refractivity contribution < 1.29 is 18.3 Å². The van der Waals surface area contributed by atoms with Gasteiger partial charge in [0, 0.05) is 29.8 Å². The Morgan fingerprint density at radius 3 is 2.59 bits per heavy atom. The Balaban J connectivity index is 2.06. The molecule has 112 valence electrons. The van der Waals surface area contributed by atoms with Gasteiger partial charge in [0.1, 0.15) is 17.3 Å². The van der Waals surface area contributed by atoms with Gasteiger partial charge in [0.2, 0.25) is 0 Å². The summed E-state index contributed by atoms with van der Waals surface area (Å²) in [6.45, 7) is 0. The van der Waals surface area contributed by atoms with Crippen LogP contribution in [0, 0.1) is 11.6 Å². The van der Waals surface area contributed by atoms with Crippen molar-refractivity contribution in [2.75, 3.05) is 12.8 Å². The molecule has 4 nitrogen and oxygen atoms in total. The second-order valence-electron chi connectivity index (χ2n) is 4.60. The summed E-state index contributed by atoms with van der Waals surface area (Å²) >= 11 is 0. The molecule has 6 heteroatoms. The lowest BCUT2D eigenvalue weighted by atomic mass is 10.2. The second kappa shape index (κ2) is 5.48. The van der Waals surface area contributed by atoms with Gasteiger partial charge in [-0.3, -0.25) is 4.98 Å². The number of nitrogens with zero attached hydrogens (tertiary/aromatic N) is 1. The largest absolute Gasteiger partial charge is 0.497 e. The van der Waals surface area contributed by atoms with E-state index in [0.717, 1.165) is 12.1 Å². The van der Waals surface area contributed by atoms with Crippen LogP contribution in [-0.2, 0) is 0 Å². The van der Waals surface area contributed by atoms with E-state index in [0.29, 0.717) is 22.4 Å². The average Bonchev–Trinajstić information content (AvgIpc) is 2.52. The number of aromatic nitrogens is 1. The van der Waals surface area contributed by atoms with Crippen molar-refractivity contribution in [3.05, 3.63) is 54.2 Å². The SMILES string of the molecule is COc1ccc2c(Oc3cc(F)c(N)cc3F)ccnc2c1. The molecule has 0 bridgehead atoms. The molecule has 22 heavy (non-hydrogen) atoms. The smallest absolute Gasteiger partial charge is 0.167 e. The van der Waals surface area contributed by atoms with E-state index in [1.165, 1.54) is 6.20 Å². The summed E-state index contributed by atoms with van der Waals surface area (Å²) in [7, 11) is 1.55. The molecule has 3 rings (SSSR count). The zero-order valence-corrected chi connectivity index (χ0v) is 11.6. The van der Waals surface area contributed by atoms with Crippen molar-refractivity contribution in [1.82, 2.24) is 4.98 Å². The predicted octanol–water partition coefficient (Wildman–Crippen LogP) is 3.90. The Bertz CT molecular complexity index is 853. The van der Waals surface area contributed by atoms with Gasteiger partial charge < -0.3 is 15.2 Å². The fourth-order valence-corrected chi connectivity index (χ4v) is 2.06. The maximum atomic E-state index is 13.8. The first-order valence-electron chi connectivity index (χ1n) is 6.43. The number of hydrogen-bond donors (Lipinski definition) is 1. The van der Waals surface area contributed by atoms with Gasteiger partial charge in [0.15, 0.2) is 11.6 Å². The monoisotopic (exact) mass is 302 g/mol. The molecule has 0 saturated heterocycles. The number of pyridine rings is 1. The van der Waals surface area contributed by atoms with E-state index in [2.05, 4.69) is 4.98 Å². The highest BCUT2D eigenvalue weighted by Gasteiger charge is 2.12. The maximum absolute atomic E-state index is 13.8. The van der Waals surface area contributed by atoms with E-state index in [-0.39, 0.29) is 11.4 Å². The molecule has 3 aromatic rings. The Labute approximate surface area is 125 Å². The Morgan fingerprint density at radius 1 is 1.00 bits per heavy atom. The zero-order chi connectivity index (χ0) is 15.7. The molecule has 0 amide bonds. The number of nitrogen functional groups attached to an aromatic ring is 1. The number of nitrogens with two attached hydrogens (primary N) is 1. The minimum atomic E-state index is -0.739. The Kier molecular flexibility index (Phi) is 3.50. The van der Waals surface area contributed by atoms with E-state index in [9.17, 15) is 8.78 Å². The van der Waals surface area contributed by atoms with Crippen molar-refractivity contribution in [2.45, 2.75) is 0 Å². The highest BCUT2D eigenvalue weighted by atomic mass is 19.1. The van der Waals surface area contributed by atoms with Crippen LogP contribution in [0.15, 0.2) is 42.6 Å². The maximum Gasteiger partial charge on any atom is 0.167 e. The zero-order valence-electron chi connectivity index (χ0n) is 11.6. The third kappa shape index (κ3) is 2.50. The first kappa shape index (κ1) is 14.1. The number of halogens is 2. The van der Waals surface area contributed by atoms with Gasteiger partial charge in [0.05, 0.1) is 18.3 Å². The molecule has 0 aliphatic carbocycles. The summed E-state index contributed by atoms with van der Waals surface area (Å²) in [5.74, 6) is -0.721. The number of rotatable bonds is 3. The number of fused-ring (bicyclic) bond motifs is 1. The van der Waals surface area contributed by atoms with Crippen LogP contribution in [0.1, 0.15) is 0 Å². The normalized spacial score (nSPS) is 10.7. The van der Waals surface area contributed by atoms with Crippen LogP contribution < -0.4 is 15.2 Å². The van der Waals surface area contributed by atoms with Crippen molar-refractivity contribution in [3.8, 4) is 17.2 Å². The third-order valence-corrected chi connectivity index (χ3v) is 3.18. The number of methoxy groups -OCH3 is 1. The molecule has 0 spiro atoms. The van der Waals surface area contributed by atoms with Gasteiger partial charge in [-0.2, -0.15) is 0 Å². The fourth-order valence-electron chi connectivity index (χ4n) is 2.06. The fraction of sp³-hybridized carbons (Fsp3) is 0.0625. The minimum Gasteiger partial charge on any atom is -0.497 e. The van der Waals surface area contributed by atoms with Gasteiger partial charge in [0.25, 0.3) is 0 Å². The van der Waals surface area contributed by atoms with Crippen molar-refractivity contribution in [1.29, 1.82) is 0 Å². The van der Waals surface area contributed by atoms with E-state index in [1.54, 1.807) is 31.4 Å². The van der Waals surface area contributed by atoms with Crippen LogP contribution in [0.2, 0.25) is 0 Å². The lowest BCUT2D eigenvalue weighted by Crippen LogP contribution is -1.96. The molecular formula is C16H12F2N2O2. The standard InChI is InChI=1S/C16H12F2N2O2/c1-21-9-2-3-10-14(6-9)20-5-4-15(10)22-16-8-11(17)13(19)7-12(16)18/h2-8H,19H2,1H3. The molecule has 0 atom stereocenters. The third-order valence-electron chi connectivity index (χ3n) is 3.18. The van der Waals surface area contributed by atoms with Crippen molar-refractivity contribution in [2.24, 2.45) is 0 Å². The average molecular weight is 302 g/mol. The van der Waals surface area contributed by atoms with Gasteiger partial charge in [-0.05, 0) is 18.2 Å². The summed E-state index contributed by atoms with van der Waals surface area (Å²) in [5, 5.41) is 0.653. The number of hydrogen-bond acceptors (Lipinski definition) is 4. The Morgan fingerprint density at radius 2 is 1.82 bits per heavy atom. The van der Waals surface area contributed by atoms with Crippen molar-refractivity contribution in [3.63, 3.8) is 0 Å². The van der Waals surface area contributed by atoms with Gasteiger partial charge in [-0.25, -0.2) is 8.78 Å². The van der Waals surface area contributed by atoms with Crippen LogP contribution in [0.4, 0.5) is 14.5 Å². The topological polar surface area (TPSA) is 57.4 Å². The number of ether oxygens (including phenoxy) is 2. The summed E-state index contributed by atoms with van der Waals surface area (Å²) in [6.07, 6.45) is 1.52. The van der Waals surface area contributed by atoms with Crippen LogP contribution >= 0.6 is 0 Å². The molecule has 2 N–H and O–H groups in total. The molecular weight excluding hydrogens is 290 g/mol. The summed E-state index contributed by atoms with van der Waals surface area (Å²) in [4.78, 5) is 4.20. The molecule has 1 aromatic heterocycles. The van der Waals surface area contributed by atoms with E-state index in [4.69, 9.17) is 15.2 Å². The molecule has 1 heterocycles. The lowest BCUT2D eigenvalue weighted by molar-refractivity contribution is 0.415. The molecule has 0 fully saturated rings. The molecule has 0 aliphatic heterocycles. The van der Waals surface area contributed by atoms with E-state index in [1.807, 2.05) is 0 Å². The first-order chi connectivity index (χ1) is 10.6.